The molecule has 19 heavy (non-hydrogen) atoms. The molecule has 2 rings (SSSR count). The normalized spacial score (nSPS) is 12.4. The fourth-order valence-corrected chi connectivity index (χ4v) is 1.74. The monoisotopic (exact) mass is 265 g/mol. The summed E-state index contributed by atoms with van der Waals surface area (Å²) in [6.07, 6.45) is -0.227. The predicted octanol–water partition coefficient (Wildman–Crippen LogP) is 2.92. The van der Waals surface area contributed by atoms with Crippen LogP contribution in [-0.2, 0) is 6.42 Å². The lowest BCUT2D eigenvalue weighted by molar-refractivity contribution is -0.385. The maximum Gasteiger partial charge on any atom is 0.272 e. The summed E-state index contributed by atoms with van der Waals surface area (Å²) >= 11 is 0. The van der Waals surface area contributed by atoms with Crippen LogP contribution < -0.4 is 0 Å². The molecule has 1 aromatic heterocycles. The minimum Gasteiger partial charge on any atom is -0.461 e. The van der Waals surface area contributed by atoms with Crippen molar-refractivity contribution in [1.82, 2.24) is 0 Å². The molecule has 1 atom stereocenters. The highest BCUT2D eigenvalue weighted by Crippen LogP contribution is 2.28. The maximum absolute atomic E-state index is 13.8. The number of benzene rings is 1. The van der Waals surface area contributed by atoms with Crippen LogP contribution >= 0.6 is 0 Å². The minimum atomic E-state index is -0.716. The summed E-state index contributed by atoms with van der Waals surface area (Å²) < 4.78 is 19.1. The Hall–Kier alpha value is -2.21. The molecule has 0 saturated carbocycles. The average molecular weight is 265 g/mol. The lowest BCUT2D eigenvalue weighted by atomic mass is 10.1. The molecule has 1 heterocycles. The van der Waals surface area contributed by atoms with Crippen molar-refractivity contribution >= 4 is 5.69 Å². The van der Waals surface area contributed by atoms with Crippen LogP contribution in [0.1, 0.15) is 12.7 Å². The summed E-state index contributed by atoms with van der Waals surface area (Å²) in [4.78, 5) is 9.86. The molecule has 0 saturated heterocycles. The molecule has 0 aliphatic carbocycles. The highest BCUT2D eigenvalue weighted by atomic mass is 19.1. The molecule has 0 radical (unpaired) electrons. The number of nitro groups is 1. The summed E-state index contributed by atoms with van der Waals surface area (Å²) in [6.45, 7) is 1.62. The zero-order valence-electron chi connectivity index (χ0n) is 10.2. The van der Waals surface area contributed by atoms with E-state index in [4.69, 9.17) is 4.42 Å². The number of halogens is 1. The van der Waals surface area contributed by atoms with Gasteiger partial charge in [0.25, 0.3) is 5.69 Å². The summed E-state index contributed by atoms with van der Waals surface area (Å²) in [6, 6.07) is 6.59. The van der Waals surface area contributed by atoms with Gasteiger partial charge in [0.1, 0.15) is 17.3 Å². The van der Waals surface area contributed by atoms with E-state index < -0.39 is 16.8 Å². The number of nitrogens with zero attached hydrogens (tertiary/aromatic N) is 1. The van der Waals surface area contributed by atoms with Crippen LogP contribution in [0, 0.1) is 15.9 Å². The lowest BCUT2D eigenvalue weighted by Crippen LogP contribution is -2.02. The van der Waals surface area contributed by atoms with Crippen molar-refractivity contribution in [2.24, 2.45) is 0 Å². The van der Waals surface area contributed by atoms with Crippen molar-refractivity contribution in [3.63, 3.8) is 0 Å². The van der Waals surface area contributed by atoms with Gasteiger partial charge in [-0.1, -0.05) is 0 Å². The third-order valence-corrected chi connectivity index (χ3v) is 2.59. The number of nitro benzene ring substituents is 1. The van der Waals surface area contributed by atoms with Crippen LogP contribution in [0.5, 0.6) is 0 Å². The van der Waals surface area contributed by atoms with Gasteiger partial charge in [0.05, 0.1) is 22.7 Å². The van der Waals surface area contributed by atoms with Crippen LogP contribution in [0.15, 0.2) is 34.7 Å². The Labute approximate surface area is 108 Å². The molecular formula is C13H12FNO4. The van der Waals surface area contributed by atoms with Crippen LogP contribution in [0.3, 0.4) is 0 Å². The highest BCUT2D eigenvalue weighted by molar-refractivity contribution is 5.60. The van der Waals surface area contributed by atoms with E-state index in [0.29, 0.717) is 12.2 Å². The number of aliphatic hydroxyl groups is 1. The van der Waals surface area contributed by atoms with Gasteiger partial charge in [-0.05, 0) is 25.1 Å². The predicted molar refractivity (Wildman–Crippen MR) is 66.1 cm³/mol. The fourth-order valence-electron chi connectivity index (χ4n) is 1.74. The minimum absolute atomic E-state index is 0.155. The van der Waals surface area contributed by atoms with Crippen molar-refractivity contribution in [1.29, 1.82) is 0 Å². The zero-order chi connectivity index (χ0) is 14.0. The molecule has 1 N–H and O–H groups in total. The molecular weight excluding hydrogens is 253 g/mol. The van der Waals surface area contributed by atoms with Crippen molar-refractivity contribution in [3.8, 4) is 11.3 Å². The molecule has 5 nitrogen and oxygen atoms in total. The molecule has 0 amide bonds. The van der Waals surface area contributed by atoms with Crippen molar-refractivity contribution in [3.05, 3.63) is 52.0 Å². The van der Waals surface area contributed by atoms with Gasteiger partial charge < -0.3 is 9.52 Å². The van der Waals surface area contributed by atoms with Gasteiger partial charge in [-0.3, -0.25) is 10.1 Å². The van der Waals surface area contributed by atoms with Crippen molar-refractivity contribution in [2.75, 3.05) is 0 Å². The van der Waals surface area contributed by atoms with Gasteiger partial charge in [0.15, 0.2) is 0 Å². The average Bonchev–Trinajstić information content (AvgIpc) is 2.76. The second kappa shape index (κ2) is 5.19. The summed E-state index contributed by atoms with van der Waals surface area (Å²) in [5.41, 5.74) is -0.153. The highest BCUT2D eigenvalue weighted by Gasteiger charge is 2.15. The fraction of sp³-hybridized carbons (Fsp3) is 0.231. The smallest absolute Gasteiger partial charge is 0.272 e. The molecule has 0 spiro atoms. The van der Waals surface area contributed by atoms with Crippen molar-refractivity contribution in [2.45, 2.75) is 19.4 Å². The standard InChI is InChI=1S/C13H12FNO4/c1-8(16)6-10-3-5-13(19-10)11-4-2-9(15(17)18)7-12(11)14/h2-5,7-8,16H,6H2,1H3. The van der Waals surface area contributed by atoms with Crippen molar-refractivity contribution < 1.29 is 18.8 Å². The van der Waals surface area contributed by atoms with Gasteiger partial charge >= 0.3 is 0 Å². The third kappa shape index (κ3) is 2.97. The Balaban J connectivity index is 2.31. The largest absolute Gasteiger partial charge is 0.461 e. The first-order chi connectivity index (χ1) is 8.97. The van der Waals surface area contributed by atoms with Crippen LogP contribution in [0.4, 0.5) is 10.1 Å². The summed E-state index contributed by atoms with van der Waals surface area (Å²) in [7, 11) is 0. The molecule has 1 unspecified atom stereocenters. The van der Waals surface area contributed by atoms with Gasteiger partial charge in [0.2, 0.25) is 0 Å². The molecule has 6 heteroatoms. The molecule has 100 valence electrons. The number of aliphatic hydroxyl groups excluding tert-OH is 1. The quantitative estimate of drug-likeness (QED) is 0.681. The van der Waals surface area contributed by atoms with Crippen LogP contribution in [0.25, 0.3) is 11.3 Å². The second-order valence-electron chi connectivity index (χ2n) is 4.24. The number of rotatable bonds is 4. The lowest BCUT2D eigenvalue weighted by Gasteiger charge is -2.01. The maximum atomic E-state index is 13.8. The Morgan fingerprint density at radius 3 is 2.74 bits per heavy atom. The van der Waals surface area contributed by atoms with Gasteiger partial charge in [-0.15, -0.1) is 0 Å². The van der Waals surface area contributed by atoms with E-state index >= 15 is 0 Å². The van der Waals surface area contributed by atoms with Gasteiger partial charge in [-0.25, -0.2) is 4.39 Å². The SMILES string of the molecule is CC(O)Cc1ccc(-c2ccc([N+](=O)[O-])cc2F)o1. The van der Waals surface area contributed by atoms with E-state index in [9.17, 15) is 19.6 Å². The first-order valence-electron chi connectivity index (χ1n) is 5.68. The molecule has 0 aliphatic rings. The van der Waals surface area contributed by atoms with Gasteiger partial charge in [0, 0.05) is 12.5 Å². The number of hydrogen-bond acceptors (Lipinski definition) is 4. The number of non-ortho nitro benzene ring substituents is 1. The van der Waals surface area contributed by atoms with Crippen LogP contribution in [0.2, 0.25) is 0 Å². The molecule has 1 aromatic carbocycles. The first-order valence-corrected chi connectivity index (χ1v) is 5.68. The molecule has 2 aromatic rings. The van der Waals surface area contributed by atoms with E-state index in [1.807, 2.05) is 0 Å². The molecule has 0 fully saturated rings. The van der Waals surface area contributed by atoms with E-state index in [-0.39, 0.29) is 17.0 Å². The number of hydrogen-bond donors (Lipinski definition) is 1. The second-order valence-corrected chi connectivity index (χ2v) is 4.24. The van der Waals surface area contributed by atoms with E-state index in [1.54, 1.807) is 19.1 Å². The number of furan rings is 1. The molecule has 0 aliphatic heterocycles. The first kappa shape index (κ1) is 13.2. The Morgan fingerprint density at radius 1 is 1.42 bits per heavy atom. The summed E-state index contributed by atoms with van der Waals surface area (Å²) in [5.74, 6) is 0.0953. The Bertz CT molecular complexity index is 606. The third-order valence-electron chi connectivity index (χ3n) is 2.59. The zero-order valence-corrected chi connectivity index (χ0v) is 10.2. The topological polar surface area (TPSA) is 76.5 Å². The van der Waals surface area contributed by atoms with Crippen LogP contribution in [-0.4, -0.2) is 16.1 Å². The Morgan fingerprint density at radius 2 is 2.16 bits per heavy atom. The summed E-state index contributed by atoms with van der Waals surface area (Å²) in [5, 5.41) is 19.7. The van der Waals surface area contributed by atoms with Gasteiger partial charge in [-0.2, -0.15) is 0 Å². The Kier molecular flexibility index (Phi) is 3.62. The molecule has 0 bridgehead atoms. The van der Waals surface area contributed by atoms with E-state index in [2.05, 4.69) is 0 Å². The van der Waals surface area contributed by atoms with E-state index in [0.717, 1.165) is 6.07 Å². The van der Waals surface area contributed by atoms with E-state index in [1.165, 1.54) is 12.1 Å².